The number of ether oxygens (including phenoxy) is 1. The minimum atomic E-state index is -1.05. The van der Waals surface area contributed by atoms with E-state index in [9.17, 15) is 14.0 Å². The minimum absolute atomic E-state index is 0.00672. The predicted molar refractivity (Wildman–Crippen MR) is 52.1 cm³/mol. The van der Waals surface area contributed by atoms with Gasteiger partial charge in [-0.15, -0.1) is 0 Å². The van der Waals surface area contributed by atoms with E-state index in [1.807, 2.05) is 0 Å². The third-order valence-electron chi connectivity index (χ3n) is 1.55. The van der Waals surface area contributed by atoms with Crippen molar-refractivity contribution in [2.45, 2.75) is 0 Å². The smallest absolute Gasteiger partial charge is 0.396 e. The molecule has 0 spiro atoms. The largest absolute Gasteiger partial charge is 0.462 e. The Morgan fingerprint density at radius 3 is 2.67 bits per heavy atom. The number of hydrogen-bond acceptors (Lipinski definition) is 3. The summed E-state index contributed by atoms with van der Waals surface area (Å²) in [7, 11) is 1.08. The topological polar surface area (TPSA) is 55.4 Å². The lowest BCUT2D eigenvalue weighted by molar-refractivity contribution is -0.150. The van der Waals surface area contributed by atoms with Crippen LogP contribution < -0.4 is 5.32 Å². The first-order valence-corrected chi connectivity index (χ1v) is 4.26. The van der Waals surface area contributed by atoms with Gasteiger partial charge in [-0.05, 0) is 18.2 Å². The van der Waals surface area contributed by atoms with Crippen LogP contribution in [0.1, 0.15) is 0 Å². The summed E-state index contributed by atoms with van der Waals surface area (Å²) in [5.74, 6) is -2.54. The quantitative estimate of drug-likeness (QED) is 0.590. The lowest BCUT2D eigenvalue weighted by atomic mass is 10.3. The Hall–Kier alpha value is -1.62. The third-order valence-corrected chi connectivity index (χ3v) is 1.86. The molecule has 4 nitrogen and oxygen atoms in total. The molecule has 0 radical (unpaired) electrons. The van der Waals surface area contributed by atoms with E-state index in [1.54, 1.807) is 0 Å². The number of carbonyl (C=O) groups excluding carboxylic acids is 2. The summed E-state index contributed by atoms with van der Waals surface area (Å²) in [6, 6.07) is 3.38. The maximum atomic E-state index is 12.6. The second-order valence-corrected chi connectivity index (χ2v) is 2.98. The molecule has 80 valence electrons. The van der Waals surface area contributed by atoms with Gasteiger partial charge in [0.1, 0.15) is 5.82 Å². The molecule has 0 unspecified atom stereocenters. The van der Waals surface area contributed by atoms with Gasteiger partial charge in [0.2, 0.25) is 0 Å². The van der Waals surface area contributed by atoms with Gasteiger partial charge < -0.3 is 10.1 Å². The number of halogens is 2. The molecule has 0 atom stereocenters. The lowest BCUT2D eigenvalue weighted by Crippen LogP contribution is -2.23. The summed E-state index contributed by atoms with van der Waals surface area (Å²) in [5, 5.41) is 2.18. The number of anilines is 1. The normalized spacial score (nSPS) is 9.53. The van der Waals surface area contributed by atoms with Crippen molar-refractivity contribution in [1.82, 2.24) is 0 Å². The van der Waals surface area contributed by atoms with Gasteiger partial charge in [-0.3, -0.25) is 4.79 Å². The number of hydrogen-bond donors (Lipinski definition) is 1. The molecule has 0 saturated carbocycles. The Morgan fingerprint density at radius 2 is 2.13 bits per heavy atom. The van der Waals surface area contributed by atoms with Gasteiger partial charge in [-0.1, -0.05) is 11.6 Å². The maximum Gasteiger partial charge on any atom is 0.396 e. The van der Waals surface area contributed by atoms with Gasteiger partial charge in [0.15, 0.2) is 0 Å². The molecule has 0 aromatic heterocycles. The molecule has 15 heavy (non-hydrogen) atoms. The Morgan fingerprint density at radius 1 is 1.47 bits per heavy atom. The van der Waals surface area contributed by atoms with Gasteiger partial charge in [-0.25, -0.2) is 9.18 Å². The van der Waals surface area contributed by atoms with Crippen LogP contribution in [-0.2, 0) is 14.3 Å². The fraction of sp³-hybridized carbons (Fsp3) is 0.111. The summed E-state index contributed by atoms with van der Waals surface area (Å²) < 4.78 is 16.8. The van der Waals surface area contributed by atoms with Gasteiger partial charge in [0.25, 0.3) is 0 Å². The zero-order chi connectivity index (χ0) is 11.4. The first kappa shape index (κ1) is 11.5. The number of esters is 1. The molecule has 0 saturated heterocycles. The van der Waals surface area contributed by atoms with Crippen molar-refractivity contribution in [2.24, 2.45) is 0 Å². The second kappa shape index (κ2) is 4.75. The number of rotatable bonds is 1. The highest BCUT2D eigenvalue weighted by Crippen LogP contribution is 2.22. The maximum absolute atomic E-state index is 12.6. The number of nitrogens with one attached hydrogen (secondary N) is 1. The van der Waals surface area contributed by atoms with Gasteiger partial charge in [-0.2, -0.15) is 0 Å². The second-order valence-electron chi connectivity index (χ2n) is 2.57. The van der Waals surface area contributed by atoms with Gasteiger partial charge in [0, 0.05) is 0 Å². The number of carbonyl (C=O) groups is 2. The van der Waals surface area contributed by atoms with Gasteiger partial charge in [0.05, 0.1) is 17.8 Å². The average molecular weight is 232 g/mol. The number of methoxy groups -OCH3 is 1. The van der Waals surface area contributed by atoms with Crippen LogP contribution in [0.5, 0.6) is 0 Å². The minimum Gasteiger partial charge on any atom is -0.462 e. The van der Waals surface area contributed by atoms with E-state index in [-0.39, 0.29) is 10.7 Å². The Bertz CT molecular complexity index is 408. The molecule has 1 amide bonds. The van der Waals surface area contributed by atoms with E-state index in [4.69, 9.17) is 11.6 Å². The fourth-order valence-electron chi connectivity index (χ4n) is 0.857. The van der Waals surface area contributed by atoms with E-state index in [0.717, 1.165) is 19.2 Å². The van der Waals surface area contributed by atoms with E-state index < -0.39 is 17.7 Å². The van der Waals surface area contributed by atoms with Crippen molar-refractivity contribution in [3.63, 3.8) is 0 Å². The summed E-state index contributed by atoms with van der Waals surface area (Å²) >= 11 is 5.61. The van der Waals surface area contributed by atoms with E-state index in [0.29, 0.717) is 0 Å². The molecule has 0 aliphatic heterocycles. The fourth-order valence-corrected chi connectivity index (χ4v) is 1.07. The Balaban J connectivity index is 2.81. The van der Waals surface area contributed by atoms with Crippen molar-refractivity contribution in [1.29, 1.82) is 0 Å². The predicted octanol–water partition coefficient (Wildman–Crippen LogP) is 1.59. The standard InChI is InChI=1S/C9H7ClFNO3/c1-15-9(14)8(13)12-7-3-2-5(11)4-6(7)10/h2-4H,1H3,(H,12,13). The van der Waals surface area contributed by atoms with Crippen LogP contribution in [0.15, 0.2) is 18.2 Å². The molecule has 1 aromatic carbocycles. The van der Waals surface area contributed by atoms with E-state index >= 15 is 0 Å². The molecule has 6 heteroatoms. The molecule has 0 heterocycles. The molecule has 0 aliphatic rings. The van der Waals surface area contributed by atoms with Crippen molar-refractivity contribution >= 4 is 29.2 Å². The SMILES string of the molecule is COC(=O)C(=O)Nc1ccc(F)cc1Cl. The molecule has 0 aliphatic carbocycles. The molecule has 1 rings (SSSR count). The van der Waals surface area contributed by atoms with Crippen LogP contribution in [-0.4, -0.2) is 19.0 Å². The summed E-state index contributed by atoms with van der Waals surface area (Å²) in [5.41, 5.74) is 0.147. The highest BCUT2D eigenvalue weighted by Gasteiger charge is 2.15. The van der Waals surface area contributed by atoms with Crippen LogP contribution in [0.3, 0.4) is 0 Å². The monoisotopic (exact) mass is 231 g/mol. The lowest BCUT2D eigenvalue weighted by Gasteiger charge is -2.05. The first-order chi connectivity index (χ1) is 7.04. The van der Waals surface area contributed by atoms with E-state index in [1.165, 1.54) is 6.07 Å². The summed E-state index contributed by atoms with van der Waals surface area (Å²) in [6.45, 7) is 0. The van der Waals surface area contributed by atoms with Crippen LogP contribution >= 0.6 is 11.6 Å². The van der Waals surface area contributed by atoms with Crippen LogP contribution in [0.25, 0.3) is 0 Å². The van der Waals surface area contributed by atoms with Crippen molar-refractivity contribution in [3.8, 4) is 0 Å². The molecule has 0 fully saturated rings. The highest BCUT2D eigenvalue weighted by atomic mass is 35.5. The van der Waals surface area contributed by atoms with E-state index in [2.05, 4.69) is 10.1 Å². The number of benzene rings is 1. The Kier molecular flexibility index (Phi) is 3.62. The zero-order valence-electron chi connectivity index (χ0n) is 7.71. The first-order valence-electron chi connectivity index (χ1n) is 3.89. The third kappa shape index (κ3) is 2.92. The molecule has 1 N–H and O–H groups in total. The van der Waals surface area contributed by atoms with Gasteiger partial charge >= 0.3 is 11.9 Å². The molecular formula is C9H7ClFNO3. The van der Waals surface area contributed by atoms with Crippen LogP contribution in [0.4, 0.5) is 10.1 Å². The highest BCUT2D eigenvalue weighted by molar-refractivity contribution is 6.39. The zero-order valence-corrected chi connectivity index (χ0v) is 8.47. The average Bonchev–Trinajstić information content (AvgIpc) is 2.20. The van der Waals surface area contributed by atoms with Crippen molar-refractivity contribution < 1.29 is 18.7 Å². The summed E-state index contributed by atoms with van der Waals surface area (Å²) in [4.78, 5) is 21.8. The Labute approximate surface area is 90.0 Å². The molecule has 1 aromatic rings. The van der Waals surface area contributed by atoms with Crippen molar-refractivity contribution in [3.05, 3.63) is 29.0 Å². The molecule has 0 bridgehead atoms. The van der Waals surface area contributed by atoms with Crippen LogP contribution in [0, 0.1) is 5.82 Å². The van der Waals surface area contributed by atoms with Crippen LogP contribution in [0.2, 0.25) is 5.02 Å². The molecular weight excluding hydrogens is 225 g/mol. The van der Waals surface area contributed by atoms with Crippen molar-refractivity contribution in [2.75, 3.05) is 12.4 Å². The summed E-state index contributed by atoms with van der Waals surface area (Å²) in [6.07, 6.45) is 0. The number of amides is 1.